The molecular formula is C11H21N3O. The van der Waals surface area contributed by atoms with Gasteiger partial charge in [0.2, 0.25) is 0 Å². The van der Waals surface area contributed by atoms with Crippen molar-refractivity contribution in [2.24, 2.45) is 5.92 Å². The van der Waals surface area contributed by atoms with E-state index in [1.807, 2.05) is 16.8 Å². The fourth-order valence-corrected chi connectivity index (χ4v) is 2.36. The van der Waals surface area contributed by atoms with Gasteiger partial charge in [-0.15, -0.1) is 0 Å². The van der Waals surface area contributed by atoms with E-state index in [9.17, 15) is 4.79 Å². The Morgan fingerprint density at radius 3 is 2.60 bits per heavy atom. The molecule has 86 valence electrons. The summed E-state index contributed by atoms with van der Waals surface area (Å²) in [5.41, 5.74) is 0. The molecule has 0 bridgehead atoms. The van der Waals surface area contributed by atoms with Crippen molar-refractivity contribution < 1.29 is 4.79 Å². The summed E-state index contributed by atoms with van der Waals surface area (Å²) < 4.78 is 0. The fourth-order valence-electron chi connectivity index (χ4n) is 2.36. The Morgan fingerprint density at radius 2 is 2.13 bits per heavy atom. The summed E-state index contributed by atoms with van der Waals surface area (Å²) in [7, 11) is 1.93. The monoisotopic (exact) mass is 211 g/mol. The second-order valence-electron chi connectivity index (χ2n) is 5.14. The third kappa shape index (κ3) is 1.95. The molecule has 2 rings (SSSR count). The molecule has 0 saturated carbocycles. The zero-order chi connectivity index (χ0) is 11.0. The Balaban J connectivity index is 1.96. The molecule has 2 fully saturated rings. The Kier molecular flexibility index (Phi) is 2.87. The molecule has 2 heterocycles. The van der Waals surface area contributed by atoms with Crippen molar-refractivity contribution in [1.29, 1.82) is 0 Å². The van der Waals surface area contributed by atoms with E-state index >= 15 is 0 Å². The summed E-state index contributed by atoms with van der Waals surface area (Å²) in [6.45, 7) is 7.28. The van der Waals surface area contributed by atoms with Crippen LogP contribution in [-0.4, -0.2) is 54.6 Å². The maximum Gasteiger partial charge on any atom is 0.320 e. The van der Waals surface area contributed by atoms with Crippen LogP contribution in [0.25, 0.3) is 0 Å². The van der Waals surface area contributed by atoms with Gasteiger partial charge in [0.1, 0.15) is 0 Å². The molecule has 1 unspecified atom stereocenters. The number of nitrogens with zero attached hydrogens (tertiary/aromatic N) is 2. The quantitative estimate of drug-likeness (QED) is 0.747. The zero-order valence-electron chi connectivity index (χ0n) is 9.86. The molecule has 4 heteroatoms. The van der Waals surface area contributed by atoms with Crippen LogP contribution in [0.3, 0.4) is 0 Å². The maximum absolute atomic E-state index is 12.0. The van der Waals surface area contributed by atoms with Crippen LogP contribution in [0.15, 0.2) is 0 Å². The number of likely N-dealkylation sites (N-methyl/N-ethyl adjacent to an activating group) is 1. The van der Waals surface area contributed by atoms with E-state index in [1.165, 1.54) is 0 Å². The molecule has 0 aliphatic carbocycles. The lowest BCUT2D eigenvalue weighted by atomic mass is 10.0. The molecule has 2 saturated heterocycles. The Hall–Kier alpha value is -0.770. The number of hydrogen-bond acceptors (Lipinski definition) is 2. The summed E-state index contributed by atoms with van der Waals surface area (Å²) >= 11 is 0. The van der Waals surface area contributed by atoms with Gasteiger partial charge in [0.15, 0.2) is 0 Å². The van der Waals surface area contributed by atoms with Crippen molar-refractivity contribution in [3.63, 3.8) is 0 Å². The first-order valence-corrected chi connectivity index (χ1v) is 5.83. The molecule has 0 aromatic rings. The van der Waals surface area contributed by atoms with Crippen LogP contribution in [0.1, 0.15) is 20.3 Å². The van der Waals surface area contributed by atoms with Gasteiger partial charge in [-0.05, 0) is 12.3 Å². The molecule has 0 spiro atoms. The number of rotatable bonds is 3. The van der Waals surface area contributed by atoms with Gasteiger partial charge in [-0.25, -0.2) is 4.79 Å². The fraction of sp³-hybridized carbons (Fsp3) is 0.909. The highest BCUT2D eigenvalue weighted by Gasteiger charge is 2.40. The van der Waals surface area contributed by atoms with Gasteiger partial charge in [-0.1, -0.05) is 13.8 Å². The minimum absolute atomic E-state index is 0.215. The maximum atomic E-state index is 12.0. The Morgan fingerprint density at radius 1 is 1.47 bits per heavy atom. The van der Waals surface area contributed by atoms with Gasteiger partial charge < -0.3 is 15.1 Å². The van der Waals surface area contributed by atoms with Crippen LogP contribution in [0.4, 0.5) is 4.79 Å². The third-order valence-corrected chi connectivity index (χ3v) is 3.45. The number of nitrogens with one attached hydrogen (secondary N) is 1. The molecule has 2 aliphatic rings. The number of urea groups is 1. The smallest absolute Gasteiger partial charge is 0.320 e. The number of carbonyl (C=O) groups excluding carboxylic acids is 1. The summed E-state index contributed by atoms with van der Waals surface area (Å²) in [6, 6.07) is 1.07. The largest absolute Gasteiger partial charge is 0.323 e. The molecule has 0 aromatic heterocycles. The second-order valence-corrected chi connectivity index (χ2v) is 5.14. The zero-order valence-corrected chi connectivity index (χ0v) is 9.86. The molecular weight excluding hydrogens is 190 g/mol. The van der Waals surface area contributed by atoms with E-state index in [0.717, 1.165) is 26.1 Å². The predicted molar refractivity (Wildman–Crippen MR) is 59.8 cm³/mol. The minimum Gasteiger partial charge on any atom is -0.323 e. The average Bonchev–Trinajstić information content (AvgIpc) is 2.30. The van der Waals surface area contributed by atoms with E-state index in [1.54, 1.807) is 0 Å². The topological polar surface area (TPSA) is 35.6 Å². The predicted octanol–water partition coefficient (Wildman–Crippen LogP) is 0.740. The van der Waals surface area contributed by atoms with Gasteiger partial charge in [0.05, 0.1) is 12.1 Å². The standard InChI is InChI=1S/C11H21N3O/c1-8(2)4-9-7-14(10-5-12-6-10)11(15)13(9)3/h8-10,12H,4-7H2,1-3H3. The van der Waals surface area contributed by atoms with E-state index in [-0.39, 0.29) is 6.03 Å². The van der Waals surface area contributed by atoms with Crippen LogP contribution >= 0.6 is 0 Å². The molecule has 2 amide bonds. The van der Waals surface area contributed by atoms with Gasteiger partial charge >= 0.3 is 6.03 Å². The van der Waals surface area contributed by atoms with Crippen LogP contribution < -0.4 is 5.32 Å². The minimum atomic E-state index is 0.215. The molecule has 2 aliphatic heterocycles. The number of hydrogen-bond donors (Lipinski definition) is 1. The van der Waals surface area contributed by atoms with Crippen LogP contribution in [-0.2, 0) is 0 Å². The first-order valence-electron chi connectivity index (χ1n) is 5.83. The van der Waals surface area contributed by atoms with Crippen molar-refractivity contribution in [2.45, 2.75) is 32.4 Å². The van der Waals surface area contributed by atoms with E-state index in [2.05, 4.69) is 19.2 Å². The van der Waals surface area contributed by atoms with Gasteiger partial charge in [0, 0.05) is 26.7 Å². The molecule has 4 nitrogen and oxygen atoms in total. The molecule has 0 aromatic carbocycles. The first kappa shape index (κ1) is 10.7. The van der Waals surface area contributed by atoms with Crippen molar-refractivity contribution in [3.05, 3.63) is 0 Å². The third-order valence-electron chi connectivity index (χ3n) is 3.45. The second kappa shape index (κ2) is 4.00. The van der Waals surface area contributed by atoms with Gasteiger partial charge in [-0.3, -0.25) is 0 Å². The highest BCUT2D eigenvalue weighted by Crippen LogP contribution is 2.23. The normalized spacial score (nSPS) is 27.7. The van der Waals surface area contributed by atoms with Gasteiger partial charge in [0.25, 0.3) is 0 Å². The van der Waals surface area contributed by atoms with Crippen LogP contribution in [0.2, 0.25) is 0 Å². The highest BCUT2D eigenvalue weighted by atomic mass is 16.2. The average molecular weight is 211 g/mol. The summed E-state index contributed by atoms with van der Waals surface area (Å²) in [5, 5.41) is 3.22. The summed E-state index contributed by atoms with van der Waals surface area (Å²) in [5.74, 6) is 0.657. The first-order chi connectivity index (χ1) is 7.09. The number of carbonyl (C=O) groups is 1. The van der Waals surface area contributed by atoms with Crippen LogP contribution in [0.5, 0.6) is 0 Å². The van der Waals surface area contributed by atoms with Gasteiger partial charge in [-0.2, -0.15) is 0 Å². The lowest BCUT2D eigenvalue weighted by molar-refractivity contribution is 0.162. The van der Waals surface area contributed by atoms with E-state index < -0.39 is 0 Å². The summed E-state index contributed by atoms with van der Waals surface area (Å²) in [4.78, 5) is 15.9. The van der Waals surface area contributed by atoms with Crippen LogP contribution in [0, 0.1) is 5.92 Å². The van der Waals surface area contributed by atoms with Crippen molar-refractivity contribution in [1.82, 2.24) is 15.1 Å². The summed E-state index contributed by atoms with van der Waals surface area (Å²) in [6.07, 6.45) is 1.11. The molecule has 1 N–H and O–H groups in total. The molecule has 1 atom stereocenters. The van der Waals surface area contributed by atoms with Crippen molar-refractivity contribution in [3.8, 4) is 0 Å². The Bertz CT molecular complexity index is 250. The van der Waals surface area contributed by atoms with Crippen molar-refractivity contribution in [2.75, 3.05) is 26.7 Å². The molecule has 15 heavy (non-hydrogen) atoms. The van der Waals surface area contributed by atoms with Crippen molar-refractivity contribution >= 4 is 6.03 Å². The highest BCUT2D eigenvalue weighted by molar-refractivity contribution is 5.77. The lowest BCUT2D eigenvalue weighted by Gasteiger charge is -2.35. The lowest BCUT2D eigenvalue weighted by Crippen LogP contribution is -2.57. The Labute approximate surface area is 91.6 Å². The van der Waals surface area contributed by atoms with E-state index in [0.29, 0.717) is 18.0 Å². The van der Waals surface area contributed by atoms with E-state index in [4.69, 9.17) is 0 Å². The number of amides is 2. The SMILES string of the molecule is CC(C)CC1CN(C2CNC2)C(=O)N1C. The molecule has 0 radical (unpaired) electrons.